The van der Waals surface area contributed by atoms with Crippen molar-refractivity contribution in [3.8, 4) is 11.3 Å². The second-order valence-corrected chi connectivity index (χ2v) is 9.67. The number of likely N-dealkylation sites (tertiary alicyclic amines) is 1. The van der Waals surface area contributed by atoms with Gasteiger partial charge in [0.2, 0.25) is 5.95 Å². The molecule has 9 heteroatoms. The maximum absolute atomic E-state index is 12.9. The number of fused-ring (bicyclic) bond motifs is 1. The van der Waals surface area contributed by atoms with Crippen LogP contribution in [0.5, 0.6) is 0 Å². The van der Waals surface area contributed by atoms with Gasteiger partial charge in [-0.05, 0) is 56.4 Å². The van der Waals surface area contributed by atoms with Crippen molar-refractivity contribution in [2.75, 3.05) is 18.4 Å². The summed E-state index contributed by atoms with van der Waals surface area (Å²) < 4.78 is 7.52. The molecule has 0 radical (unpaired) electrons. The lowest BCUT2D eigenvalue weighted by Crippen LogP contribution is -2.58. The molecule has 2 aromatic heterocycles. The Morgan fingerprint density at radius 1 is 1.20 bits per heavy atom. The van der Waals surface area contributed by atoms with Crippen LogP contribution in [0.1, 0.15) is 50.3 Å². The largest absolute Gasteiger partial charge is 0.372 e. The number of benzene rings is 1. The van der Waals surface area contributed by atoms with Crippen LogP contribution in [0.25, 0.3) is 11.3 Å². The van der Waals surface area contributed by atoms with Gasteiger partial charge in [-0.3, -0.25) is 4.68 Å². The second-order valence-electron chi connectivity index (χ2n) is 9.67. The van der Waals surface area contributed by atoms with E-state index in [0.717, 1.165) is 42.6 Å². The number of amides is 2. The molecule has 35 heavy (non-hydrogen) atoms. The van der Waals surface area contributed by atoms with Crippen molar-refractivity contribution >= 4 is 17.7 Å². The van der Waals surface area contributed by atoms with Gasteiger partial charge in [0.15, 0.2) is 0 Å². The fourth-order valence-corrected chi connectivity index (χ4v) is 4.80. The van der Waals surface area contributed by atoms with Crippen LogP contribution >= 0.6 is 0 Å². The average Bonchev–Trinajstić information content (AvgIpc) is 3.11. The van der Waals surface area contributed by atoms with Crippen molar-refractivity contribution in [2.45, 2.75) is 57.8 Å². The lowest BCUT2D eigenvalue weighted by molar-refractivity contribution is -0.0644. The Morgan fingerprint density at radius 3 is 2.83 bits per heavy atom. The maximum Gasteiger partial charge on any atom is 0.318 e. The van der Waals surface area contributed by atoms with E-state index in [1.807, 2.05) is 38.1 Å². The zero-order chi connectivity index (χ0) is 24.4. The van der Waals surface area contributed by atoms with E-state index in [9.17, 15) is 4.79 Å². The van der Waals surface area contributed by atoms with E-state index in [1.54, 1.807) is 17.1 Å². The predicted octanol–water partition coefficient (Wildman–Crippen LogP) is 4.21. The Hall–Kier alpha value is -3.46. The number of anilines is 2. The second kappa shape index (κ2) is 10.0. The number of carbonyl (C=O) groups excluding carboxylic acids is 1. The fraction of sp³-hybridized carbons (Fsp3) is 0.462. The van der Waals surface area contributed by atoms with Crippen molar-refractivity contribution in [3.05, 3.63) is 54.0 Å². The number of hydrogen-bond donors (Lipinski definition) is 2. The number of aromatic nitrogens is 4. The van der Waals surface area contributed by atoms with Crippen molar-refractivity contribution in [1.82, 2.24) is 30.0 Å². The summed E-state index contributed by atoms with van der Waals surface area (Å²) in [5.74, 6) is 0.532. The Bertz CT molecular complexity index is 1190. The summed E-state index contributed by atoms with van der Waals surface area (Å²) in [6, 6.07) is 8.40. The van der Waals surface area contributed by atoms with Gasteiger partial charge in [-0.1, -0.05) is 18.6 Å². The topological polar surface area (TPSA) is 97.2 Å². The molecular formula is C26H33N7O2. The Kier molecular flexibility index (Phi) is 6.68. The van der Waals surface area contributed by atoms with E-state index in [0.29, 0.717) is 19.0 Å². The molecule has 2 N–H and O–H groups in total. The number of ether oxygens (including phenoxy) is 1. The van der Waals surface area contributed by atoms with Crippen molar-refractivity contribution in [3.63, 3.8) is 0 Å². The Balaban J connectivity index is 1.29. The maximum atomic E-state index is 12.9. The van der Waals surface area contributed by atoms with Crippen LogP contribution in [-0.4, -0.2) is 56.0 Å². The number of hydrogen-bond acceptors (Lipinski definition) is 6. The summed E-state index contributed by atoms with van der Waals surface area (Å²) in [7, 11) is 1.87. The van der Waals surface area contributed by atoms with Gasteiger partial charge in [-0.15, -0.1) is 0 Å². The SMILES string of the molecule is CC(C)OC1CN(C(=O)N[C@H]2CCCCc3cc(-c4ccnc(Nc5cnn(C)c5)n4)ccc32)C1. The van der Waals surface area contributed by atoms with Gasteiger partial charge in [-0.25, -0.2) is 14.8 Å². The Morgan fingerprint density at radius 2 is 2.06 bits per heavy atom. The molecule has 0 saturated carbocycles. The summed E-state index contributed by atoms with van der Waals surface area (Å²) in [6.45, 7) is 5.37. The quantitative estimate of drug-likeness (QED) is 0.519. The minimum atomic E-state index is -0.00236. The number of nitrogens with one attached hydrogen (secondary N) is 2. The third kappa shape index (κ3) is 5.45. The van der Waals surface area contributed by atoms with Crippen LogP contribution in [0, 0.1) is 0 Å². The van der Waals surface area contributed by atoms with E-state index >= 15 is 0 Å². The van der Waals surface area contributed by atoms with E-state index in [4.69, 9.17) is 9.72 Å². The summed E-state index contributed by atoms with van der Waals surface area (Å²) in [6.07, 6.45) is 9.85. The number of aryl methyl sites for hydroxylation is 2. The molecule has 3 aromatic rings. The van der Waals surface area contributed by atoms with E-state index in [1.165, 1.54) is 11.1 Å². The van der Waals surface area contributed by atoms with Crippen LogP contribution < -0.4 is 10.6 Å². The molecule has 1 fully saturated rings. The lowest BCUT2D eigenvalue weighted by Gasteiger charge is -2.40. The van der Waals surface area contributed by atoms with E-state index < -0.39 is 0 Å². The van der Waals surface area contributed by atoms with Crippen LogP contribution in [0.15, 0.2) is 42.9 Å². The summed E-state index contributed by atoms with van der Waals surface area (Å²) in [5.41, 5.74) is 5.22. The standard InChI is InChI=1S/C26H33N7O2/c1-17(2)35-21-15-33(16-21)26(34)31-24-7-5-4-6-18-12-19(8-9-22(18)24)23-10-11-27-25(30-23)29-20-13-28-32(3)14-20/h8-14,17,21,24H,4-7,15-16H2,1-3H3,(H,31,34)(H,27,29,30)/t24-/m0/s1. The zero-order valence-electron chi connectivity index (χ0n) is 20.6. The van der Waals surface area contributed by atoms with Gasteiger partial charge >= 0.3 is 6.03 Å². The first-order chi connectivity index (χ1) is 16.9. The highest BCUT2D eigenvalue weighted by Gasteiger charge is 2.33. The minimum absolute atomic E-state index is 0.00236. The van der Waals surface area contributed by atoms with Crippen LogP contribution in [0.4, 0.5) is 16.4 Å². The summed E-state index contributed by atoms with van der Waals surface area (Å²) in [5, 5.41) is 10.7. The average molecular weight is 476 g/mol. The van der Waals surface area contributed by atoms with Gasteiger partial charge in [0, 0.05) is 25.0 Å². The molecule has 9 nitrogen and oxygen atoms in total. The first-order valence-corrected chi connectivity index (χ1v) is 12.4. The lowest BCUT2D eigenvalue weighted by atomic mass is 9.95. The van der Waals surface area contributed by atoms with Crippen molar-refractivity contribution in [2.24, 2.45) is 7.05 Å². The molecule has 0 spiro atoms. The molecule has 184 valence electrons. The third-order valence-electron chi connectivity index (χ3n) is 6.52. The highest BCUT2D eigenvalue weighted by Crippen LogP contribution is 2.32. The molecule has 1 aliphatic heterocycles. The van der Waals surface area contributed by atoms with Crippen LogP contribution in [0.3, 0.4) is 0 Å². The van der Waals surface area contributed by atoms with Gasteiger partial charge < -0.3 is 20.3 Å². The first-order valence-electron chi connectivity index (χ1n) is 12.4. The zero-order valence-corrected chi connectivity index (χ0v) is 20.6. The molecule has 1 atom stereocenters. The van der Waals surface area contributed by atoms with E-state index in [-0.39, 0.29) is 24.3 Å². The van der Waals surface area contributed by atoms with Gasteiger partial charge in [0.1, 0.15) is 0 Å². The molecule has 1 aliphatic carbocycles. The van der Waals surface area contributed by atoms with Gasteiger partial charge in [0.05, 0.1) is 48.9 Å². The van der Waals surface area contributed by atoms with Crippen LogP contribution in [-0.2, 0) is 18.2 Å². The van der Waals surface area contributed by atoms with Gasteiger partial charge in [0.25, 0.3) is 0 Å². The fourth-order valence-electron chi connectivity index (χ4n) is 4.80. The van der Waals surface area contributed by atoms with Gasteiger partial charge in [-0.2, -0.15) is 5.10 Å². The molecule has 0 unspecified atom stereocenters. The minimum Gasteiger partial charge on any atom is -0.372 e. The smallest absolute Gasteiger partial charge is 0.318 e. The number of carbonyl (C=O) groups is 1. The third-order valence-corrected chi connectivity index (χ3v) is 6.52. The predicted molar refractivity (Wildman–Crippen MR) is 134 cm³/mol. The van der Waals surface area contributed by atoms with E-state index in [2.05, 4.69) is 38.9 Å². The van der Waals surface area contributed by atoms with Crippen LogP contribution in [0.2, 0.25) is 0 Å². The number of urea groups is 1. The highest BCUT2D eigenvalue weighted by atomic mass is 16.5. The molecule has 3 heterocycles. The molecule has 1 saturated heterocycles. The molecule has 2 aliphatic rings. The monoisotopic (exact) mass is 475 g/mol. The number of nitrogens with zero attached hydrogens (tertiary/aromatic N) is 5. The Labute approximate surface area is 205 Å². The van der Waals surface area contributed by atoms with Crippen molar-refractivity contribution < 1.29 is 9.53 Å². The molecular weight excluding hydrogens is 442 g/mol. The van der Waals surface area contributed by atoms with Crippen molar-refractivity contribution in [1.29, 1.82) is 0 Å². The summed E-state index contributed by atoms with van der Waals surface area (Å²) >= 11 is 0. The first kappa shape index (κ1) is 23.3. The normalized spacial score (nSPS) is 18.1. The molecule has 1 aromatic carbocycles. The molecule has 0 bridgehead atoms. The number of rotatable bonds is 6. The molecule has 5 rings (SSSR count). The summed E-state index contributed by atoms with van der Waals surface area (Å²) in [4.78, 5) is 23.7. The highest BCUT2D eigenvalue weighted by molar-refractivity contribution is 5.76. The molecule has 2 amide bonds.